The number of carbonyl (C=O) groups excluding carboxylic acids is 1. The largest absolute Gasteiger partial charge is 0.441 e. The molecule has 3 N–H and O–H groups in total. The van der Waals surface area contributed by atoms with Crippen LogP contribution in [0, 0.1) is 0 Å². The Labute approximate surface area is 120 Å². The highest BCUT2D eigenvalue weighted by atomic mass is 35.5. The van der Waals surface area contributed by atoms with Crippen molar-refractivity contribution in [3.05, 3.63) is 11.6 Å². The lowest BCUT2D eigenvalue weighted by atomic mass is 9.82. The fraction of sp³-hybridized carbons (Fsp3) is 0.667. The highest BCUT2D eigenvalue weighted by Crippen LogP contribution is 2.34. The van der Waals surface area contributed by atoms with E-state index in [0.29, 0.717) is 13.0 Å². The molecule has 1 amide bonds. The Balaban J connectivity index is 1.66. The third-order valence-corrected chi connectivity index (χ3v) is 4.06. The highest BCUT2D eigenvalue weighted by molar-refractivity contribution is 6.21. The van der Waals surface area contributed by atoms with Gasteiger partial charge in [0.05, 0.1) is 12.8 Å². The summed E-state index contributed by atoms with van der Waals surface area (Å²) in [7, 11) is 0. The standard InChI is InChI=1S/C12H16ClFN4O2/c13-10-15-5-8(14)9(18-10)17-7-2-1-3-12(4-7)6-16-11(19)20-12/h5,7,10,17-18H,1-4,6H2,(H,16,19)/t7-,10?,12+/m0/s1. The van der Waals surface area contributed by atoms with E-state index in [1.165, 1.54) is 0 Å². The Kier molecular flexibility index (Phi) is 3.45. The minimum Gasteiger partial charge on any atom is -0.441 e. The van der Waals surface area contributed by atoms with Gasteiger partial charge < -0.3 is 20.7 Å². The van der Waals surface area contributed by atoms with Gasteiger partial charge in [-0.25, -0.2) is 14.2 Å². The zero-order valence-electron chi connectivity index (χ0n) is 10.8. The average molecular weight is 303 g/mol. The number of ether oxygens (including phenoxy) is 1. The van der Waals surface area contributed by atoms with Crippen LogP contribution < -0.4 is 16.0 Å². The minimum atomic E-state index is -0.666. The molecule has 0 radical (unpaired) electrons. The second-order valence-corrected chi connectivity index (χ2v) is 5.76. The third-order valence-electron chi connectivity index (χ3n) is 3.84. The van der Waals surface area contributed by atoms with Gasteiger partial charge in [-0.2, -0.15) is 0 Å². The van der Waals surface area contributed by atoms with E-state index >= 15 is 0 Å². The van der Waals surface area contributed by atoms with Crippen LogP contribution >= 0.6 is 11.6 Å². The first kappa shape index (κ1) is 13.5. The molecule has 20 heavy (non-hydrogen) atoms. The maximum absolute atomic E-state index is 13.7. The molecule has 2 aliphatic heterocycles. The zero-order chi connectivity index (χ0) is 14.2. The topological polar surface area (TPSA) is 74.8 Å². The smallest absolute Gasteiger partial charge is 0.407 e. The van der Waals surface area contributed by atoms with E-state index in [-0.39, 0.29) is 18.0 Å². The molecule has 2 fully saturated rings. The number of halogens is 2. The fourth-order valence-corrected chi connectivity index (χ4v) is 3.10. The van der Waals surface area contributed by atoms with Gasteiger partial charge >= 0.3 is 6.09 Å². The summed E-state index contributed by atoms with van der Waals surface area (Å²) in [6, 6.07) is 0.0278. The summed E-state index contributed by atoms with van der Waals surface area (Å²) in [6.07, 6.45) is 4.01. The second kappa shape index (κ2) is 5.12. The Morgan fingerprint density at radius 1 is 1.60 bits per heavy atom. The predicted octanol–water partition coefficient (Wildman–Crippen LogP) is 1.33. The maximum Gasteiger partial charge on any atom is 0.407 e. The predicted molar refractivity (Wildman–Crippen MR) is 72.0 cm³/mol. The van der Waals surface area contributed by atoms with Crippen molar-refractivity contribution in [2.75, 3.05) is 6.54 Å². The van der Waals surface area contributed by atoms with Crippen LogP contribution in [0.1, 0.15) is 25.7 Å². The maximum atomic E-state index is 13.7. The van der Waals surface area contributed by atoms with Crippen molar-refractivity contribution in [3.63, 3.8) is 0 Å². The van der Waals surface area contributed by atoms with Crippen LogP contribution in [-0.4, -0.2) is 36.1 Å². The average Bonchev–Trinajstić information content (AvgIpc) is 2.75. The zero-order valence-corrected chi connectivity index (χ0v) is 11.5. The van der Waals surface area contributed by atoms with Crippen LogP contribution in [0.25, 0.3) is 0 Å². The first-order valence-electron chi connectivity index (χ1n) is 6.63. The summed E-state index contributed by atoms with van der Waals surface area (Å²) < 4.78 is 19.0. The molecule has 110 valence electrons. The van der Waals surface area contributed by atoms with Gasteiger partial charge in [-0.15, -0.1) is 0 Å². The van der Waals surface area contributed by atoms with Crippen molar-refractivity contribution in [2.24, 2.45) is 4.99 Å². The molecule has 0 aromatic rings. The van der Waals surface area contributed by atoms with E-state index < -0.39 is 17.1 Å². The third kappa shape index (κ3) is 2.67. The summed E-state index contributed by atoms with van der Waals surface area (Å²) in [4.78, 5) is 15.0. The van der Waals surface area contributed by atoms with Crippen molar-refractivity contribution >= 4 is 23.9 Å². The Hall–Kier alpha value is -1.50. The molecular weight excluding hydrogens is 287 g/mol. The first-order valence-corrected chi connectivity index (χ1v) is 7.07. The Bertz CT molecular complexity index is 484. The molecule has 0 bridgehead atoms. The minimum absolute atomic E-state index is 0.0278. The molecule has 2 heterocycles. The lowest BCUT2D eigenvalue weighted by Crippen LogP contribution is -2.48. The number of hydrogen-bond acceptors (Lipinski definition) is 5. The van der Waals surface area contributed by atoms with E-state index in [2.05, 4.69) is 20.9 Å². The highest BCUT2D eigenvalue weighted by Gasteiger charge is 2.44. The summed E-state index contributed by atoms with van der Waals surface area (Å²) in [5.74, 6) is -0.220. The number of aliphatic imine (C=N–C) groups is 1. The van der Waals surface area contributed by atoms with E-state index in [9.17, 15) is 9.18 Å². The van der Waals surface area contributed by atoms with Crippen LogP contribution in [0.15, 0.2) is 16.6 Å². The Morgan fingerprint density at radius 2 is 2.45 bits per heavy atom. The van der Waals surface area contributed by atoms with Gasteiger partial charge in [0.15, 0.2) is 11.5 Å². The van der Waals surface area contributed by atoms with E-state index in [0.717, 1.165) is 25.5 Å². The molecular formula is C12H16ClFN4O2. The first-order chi connectivity index (χ1) is 9.56. The normalized spacial score (nSPS) is 36.6. The molecule has 0 aromatic carbocycles. The van der Waals surface area contributed by atoms with Crippen LogP contribution in [-0.2, 0) is 4.74 Å². The van der Waals surface area contributed by atoms with Gasteiger partial charge in [-0.05, 0) is 19.3 Å². The van der Waals surface area contributed by atoms with Crippen molar-refractivity contribution in [2.45, 2.75) is 43.0 Å². The molecule has 3 rings (SSSR count). The summed E-state index contributed by atoms with van der Waals surface area (Å²) in [5, 5.41) is 8.53. The molecule has 1 unspecified atom stereocenters. The summed E-state index contributed by atoms with van der Waals surface area (Å²) in [5.41, 5.74) is -1.13. The number of allylic oxidation sites excluding steroid dienone is 1. The molecule has 3 atom stereocenters. The summed E-state index contributed by atoms with van der Waals surface area (Å²) >= 11 is 5.80. The number of amides is 1. The molecule has 1 saturated carbocycles. The van der Waals surface area contributed by atoms with Crippen LogP contribution in [0.2, 0.25) is 0 Å². The van der Waals surface area contributed by atoms with Gasteiger partial charge in [0.2, 0.25) is 0 Å². The SMILES string of the molecule is O=C1NC[C@]2(CCC[C@H](NC3=C(F)C=NC(Cl)N3)C2)O1. The molecule has 1 spiro atoms. The second-order valence-electron chi connectivity index (χ2n) is 5.34. The van der Waals surface area contributed by atoms with Crippen LogP contribution in [0.3, 0.4) is 0 Å². The van der Waals surface area contributed by atoms with Gasteiger partial charge in [0, 0.05) is 12.5 Å². The molecule has 1 saturated heterocycles. The van der Waals surface area contributed by atoms with Crippen LogP contribution in [0.4, 0.5) is 9.18 Å². The number of alkyl halides is 1. The molecule has 8 heteroatoms. The van der Waals surface area contributed by atoms with Crippen molar-refractivity contribution in [1.82, 2.24) is 16.0 Å². The molecule has 3 aliphatic rings. The number of hydrogen-bond donors (Lipinski definition) is 3. The monoisotopic (exact) mass is 302 g/mol. The number of nitrogens with zero attached hydrogens (tertiary/aromatic N) is 1. The van der Waals surface area contributed by atoms with Crippen molar-refractivity contribution < 1.29 is 13.9 Å². The Morgan fingerprint density at radius 3 is 3.20 bits per heavy atom. The van der Waals surface area contributed by atoms with Gasteiger partial charge in [-0.1, -0.05) is 11.6 Å². The van der Waals surface area contributed by atoms with E-state index in [1.54, 1.807) is 0 Å². The lowest BCUT2D eigenvalue weighted by molar-refractivity contribution is 0.0161. The van der Waals surface area contributed by atoms with Gasteiger partial charge in [-0.3, -0.25) is 0 Å². The van der Waals surface area contributed by atoms with Gasteiger partial charge in [0.25, 0.3) is 0 Å². The lowest BCUT2D eigenvalue weighted by Gasteiger charge is -2.37. The van der Waals surface area contributed by atoms with E-state index in [4.69, 9.17) is 16.3 Å². The number of nitrogens with one attached hydrogen (secondary N) is 3. The number of rotatable bonds is 2. The van der Waals surface area contributed by atoms with Gasteiger partial charge in [0.1, 0.15) is 11.4 Å². The van der Waals surface area contributed by atoms with Crippen molar-refractivity contribution in [1.29, 1.82) is 0 Å². The molecule has 1 aliphatic carbocycles. The van der Waals surface area contributed by atoms with Crippen LogP contribution in [0.5, 0.6) is 0 Å². The quantitative estimate of drug-likeness (QED) is 0.531. The van der Waals surface area contributed by atoms with Crippen molar-refractivity contribution in [3.8, 4) is 0 Å². The number of carbonyl (C=O) groups is 1. The van der Waals surface area contributed by atoms with E-state index in [1.807, 2.05) is 0 Å². The molecule has 0 aromatic heterocycles. The number of alkyl carbamates (subject to hydrolysis) is 1. The molecule has 6 nitrogen and oxygen atoms in total. The summed E-state index contributed by atoms with van der Waals surface area (Å²) in [6.45, 7) is 0.512. The fourth-order valence-electron chi connectivity index (χ4n) is 2.94.